The highest BCUT2D eigenvalue weighted by Crippen LogP contribution is 2.58. The number of anilines is 1. The Balaban J connectivity index is 1.46. The molecule has 9 heteroatoms. The summed E-state index contributed by atoms with van der Waals surface area (Å²) in [5.74, 6) is -1.26. The van der Waals surface area contributed by atoms with Crippen LogP contribution in [-0.2, 0) is 24.8 Å². The third-order valence-corrected chi connectivity index (χ3v) is 12.5. The normalized spacial score (nSPS) is 24.0. The first-order valence-corrected chi connectivity index (χ1v) is 16.7. The molecule has 41 heavy (non-hydrogen) atoms. The first kappa shape index (κ1) is 26.4. The molecular formula is C32H30N2O5S2. The number of fused-ring (bicyclic) bond motifs is 2. The average molecular weight is 587 g/mol. The van der Waals surface area contributed by atoms with Crippen molar-refractivity contribution in [1.82, 2.24) is 4.31 Å². The molecule has 7 nitrogen and oxygen atoms in total. The summed E-state index contributed by atoms with van der Waals surface area (Å²) >= 11 is 0. The van der Waals surface area contributed by atoms with Crippen LogP contribution in [0.1, 0.15) is 35.4 Å². The molecule has 3 aliphatic carbocycles. The number of sulfonamides is 2. The zero-order valence-electron chi connectivity index (χ0n) is 22.8. The molecule has 1 fully saturated rings. The summed E-state index contributed by atoms with van der Waals surface area (Å²) < 4.78 is 59.6. The number of ketones is 1. The van der Waals surface area contributed by atoms with E-state index in [1.807, 2.05) is 32.1 Å². The number of nitrogens with zero attached hydrogens (tertiary/aromatic N) is 2. The molecule has 8 rings (SSSR count). The van der Waals surface area contributed by atoms with Crippen molar-refractivity contribution < 1.29 is 21.6 Å². The fourth-order valence-corrected chi connectivity index (χ4v) is 9.88. The van der Waals surface area contributed by atoms with E-state index in [0.29, 0.717) is 23.4 Å². The molecule has 0 unspecified atom stereocenters. The smallest absolute Gasteiger partial charge is 0.268 e. The zero-order chi connectivity index (χ0) is 28.7. The van der Waals surface area contributed by atoms with Crippen molar-refractivity contribution in [2.75, 3.05) is 17.4 Å². The maximum absolute atomic E-state index is 14.4. The number of aryl methyl sites for hydroxylation is 2. The Morgan fingerprint density at radius 1 is 0.780 bits per heavy atom. The minimum absolute atomic E-state index is 0.0258. The fourth-order valence-electron chi connectivity index (χ4n) is 6.86. The minimum atomic E-state index is -4.08. The van der Waals surface area contributed by atoms with Gasteiger partial charge in [-0.3, -0.25) is 4.79 Å². The van der Waals surface area contributed by atoms with E-state index < -0.39 is 31.9 Å². The third-order valence-electron chi connectivity index (χ3n) is 8.95. The highest BCUT2D eigenvalue weighted by Gasteiger charge is 2.53. The maximum Gasteiger partial charge on any atom is 0.268 e. The highest BCUT2D eigenvalue weighted by atomic mass is 32.2. The summed E-state index contributed by atoms with van der Waals surface area (Å²) in [6.07, 6.45) is 2.76. The van der Waals surface area contributed by atoms with Crippen molar-refractivity contribution in [3.63, 3.8) is 0 Å². The van der Waals surface area contributed by atoms with Crippen molar-refractivity contribution in [3.8, 4) is 0 Å². The second-order valence-electron chi connectivity index (χ2n) is 11.4. The molecule has 210 valence electrons. The van der Waals surface area contributed by atoms with Gasteiger partial charge in [0.25, 0.3) is 10.0 Å². The van der Waals surface area contributed by atoms with Crippen molar-refractivity contribution >= 4 is 31.5 Å². The second-order valence-corrected chi connectivity index (χ2v) is 15.1. The Bertz CT molecular complexity index is 1870. The van der Waals surface area contributed by atoms with E-state index in [1.165, 1.54) is 8.61 Å². The molecule has 2 aliphatic heterocycles. The Morgan fingerprint density at radius 2 is 1.39 bits per heavy atom. The van der Waals surface area contributed by atoms with Crippen LogP contribution in [0.2, 0.25) is 0 Å². The lowest BCUT2D eigenvalue weighted by Gasteiger charge is -2.29. The van der Waals surface area contributed by atoms with E-state index in [0.717, 1.165) is 22.3 Å². The summed E-state index contributed by atoms with van der Waals surface area (Å²) in [5, 5.41) is 0. The van der Waals surface area contributed by atoms with E-state index in [-0.39, 0.29) is 41.0 Å². The molecule has 3 aromatic rings. The number of hydrogen-bond donors (Lipinski definition) is 0. The van der Waals surface area contributed by atoms with E-state index in [2.05, 4.69) is 0 Å². The zero-order valence-corrected chi connectivity index (χ0v) is 24.5. The van der Waals surface area contributed by atoms with E-state index in [9.17, 15) is 21.6 Å². The maximum atomic E-state index is 14.4. The fraction of sp³-hybridized carbons (Fsp3) is 0.281. The van der Waals surface area contributed by atoms with Crippen LogP contribution >= 0.6 is 0 Å². The van der Waals surface area contributed by atoms with Crippen LogP contribution in [0.5, 0.6) is 0 Å². The van der Waals surface area contributed by atoms with Gasteiger partial charge in [0, 0.05) is 43.0 Å². The molecule has 0 N–H and O–H groups in total. The molecule has 0 aromatic heterocycles. The molecule has 2 heterocycles. The van der Waals surface area contributed by atoms with Gasteiger partial charge in [-0.25, -0.2) is 21.1 Å². The van der Waals surface area contributed by atoms with E-state index in [1.54, 1.807) is 60.7 Å². The number of hydrogen-bond acceptors (Lipinski definition) is 5. The Kier molecular flexibility index (Phi) is 5.94. The van der Waals surface area contributed by atoms with Gasteiger partial charge in [-0.05, 0) is 61.7 Å². The molecule has 4 bridgehead atoms. The standard InChI is InChI=1S/C32H30N2O5S2/c1-20-7-11-23(12-8-20)40(36,37)33-16-15-22-17-27-30(35)18-26(22)28(19-33)32-31(27)25-5-3-4-6-29(25)34(32)41(38,39)24-13-9-21(2)10-14-24/h3-14,17,26-27,31H,15-16,18-19H2,1-2H3/t26-,27-,31-/m1/s1. The molecule has 0 radical (unpaired) electrons. The monoisotopic (exact) mass is 586 g/mol. The number of para-hydroxylation sites is 1. The van der Waals surface area contributed by atoms with Gasteiger partial charge in [0.05, 0.1) is 15.5 Å². The third kappa shape index (κ3) is 3.97. The highest BCUT2D eigenvalue weighted by molar-refractivity contribution is 7.93. The summed E-state index contributed by atoms with van der Waals surface area (Å²) in [7, 11) is -7.95. The number of rotatable bonds is 4. The predicted octanol–water partition coefficient (Wildman–Crippen LogP) is 5.09. The van der Waals surface area contributed by atoms with Gasteiger partial charge in [-0.15, -0.1) is 0 Å². The lowest BCUT2D eigenvalue weighted by Crippen LogP contribution is -2.36. The molecule has 5 aliphatic rings. The van der Waals surface area contributed by atoms with Gasteiger partial charge in [0.1, 0.15) is 5.78 Å². The van der Waals surface area contributed by atoms with Crippen molar-refractivity contribution in [2.45, 2.75) is 42.4 Å². The van der Waals surface area contributed by atoms with Crippen LogP contribution in [0, 0.1) is 25.7 Å². The van der Waals surface area contributed by atoms with Gasteiger partial charge in [0.2, 0.25) is 10.0 Å². The van der Waals surface area contributed by atoms with Crippen LogP contribution in [0.3, 0.4) is 0 Å². The lowest BCUT2D eigenvalue weighted by molar-refractivity contribution is -0.122. The molecule has 0 spiro atoms. The largest absolute Gasteiger partial charge is 0.299 e. The minimum Gasteiger partial charge on any atom is -0.299 e. The van der Waals surface area contributed by atoms with Crippen LogP contribution in [0.15, 0.2) is 106 Å². The molecule has 0 amide bonds. The first-order chi connectivity index (χ1) is 19.6. The SMILES string of the molecule is Cc1ccc(S(=O)(=O)N2CCC3=C[C@@H]4C(=O)C[C@H]3C(=C3[C@@H]4c4ccccc4N3S(=O)(=O)c3ccc(C)cc3)C2)cc1. The van der Waals surface area contributed by atoms with Crippen molar-refractivity contribution in [1.29, 1.82) is 0 Å². The van der Waals surface area contributed by atoms with Gasteiger partial charge >= 0.3 is 0 Å². The summed E-state index contributed by atoms with van der Waals surface area (Å²) in [6.45, 7) is 4.09. The van der Waals surface area contributed by atoms with E-state index in [4.69, 9.17) is 0 Å². The van der Waals surface area contributed by atoms with Crippen LogP contribution < -0.4 is 4.31 Å². The number of benzene rings is 3. The van der Waals surface area contributed by atoms with Gasteiger partial charge in [0.15, 0.2) is 0 Å². The Labute approximate surface area is 240 Å². The van der Waals surface area contributed by atoms with Crippen molar-refractivity contribution in [3.05, 3.63) is 112 Å². The molecule has 0 saturated carbocycles. The lowest BCUT2D eigenvalue weighted by atomic mass is 9.76. The molecular weight excluding hydrogens is 556 g/mol. The summed E-state index contributed by atoms with van der Waals surface area (Å²) in [5.41, 5.74) is 5.46. The number of allylic oxidation sites excluding steroid dienone is 2. The van der Waals surface area contributed by atoms with E-state index >= 15 is 0 Å². The van der Waals surface area contributed by atoms with Gasteiger partial charge < -0.3 is 0 Å². The average Bonchev–Trinajstić information content (AvgIpc) is 3.02. The quantitative estimate of drug-likeness (QED) is 0.397. The number of carbonyl (C=O) groups is 1. The Hall–Kier alpha value is -3.53. The van der Waals surface area contributed by atoms with Crippen LogP contribution in [-0.4, -0.2) is 40.0 Å². The molecule has 1 saturated heterocycles. The number of Topliss-reactive ketones (excluding diaryl/α,β-unsaturated/α-hetero) is 1. The first-order valence-electron chi connectivity index (χ1n) is 13.8. The predicted molar refractivity (Wildman–Crippen MR) is 156 cm³/mol. The summed E-state index contributed by atoms with van der Waals surface area (Å²) in [6, 6.07) is 20.9. The van der Waals surface area contributed by atoms with Gasteiger partial charge in [-0.2, -0.15) is 4.31 Å². The molecule has 3 atom stereocenters. The van der Waals surface area contributed by atoms with Gasteiger partial charge in [-0.1, -0.05) is 65.2 Å². The summed E-state index contributed by atoms with van der Waals surface area (Å²) in [4.78, 5) is 14.0. The topological polar surface area (TPSA) is 91.8 Å². The molecule has 3 aromatic carbocycles. The van der Waals surface area contributed by atoms with Crippen LogP contribution in [0.25, 0.3) is 0 Å². The van der Waals surface area contributed by atoms with Crippen molar-refractivity contribution in [2.24, 2.45) is 11.8 Å². The Morgan fingerprint density at radius 3 is 2.05 bits per heavy atom. The number of carbonyl (C=O) groups excluding carboxylic acids is 1. The van der Waals surface area contributed by atoms with Crippen LogP contribution in [0.4, 0.5) is 5.69 Å². The second kappa shape index (κ2) is 9.24.